The van der Waals surface area contributed by atoms with Gasteiger partial charge in [0, 0.05) is 18.3 Å². The smallest absolute Gasteiger partial charge is 0.406 e. The van der Waals surface area contributed by atoms with E-state index in [-0.39, 0.29) is 11.7 Å². The number of hydrogen-bond acceptors (Lipinski definition) is 6. The summed E-state index contributed by atoms with van der Waals surface area (Å²) in [5.74, 6) is 0.610. The zero-order chi connectivity index (χ0) is 20.5. The monoisotopic (exact) mass is 391 g/mol. The average Bonchev–Trinajstić information content (AvgIpc) is 3.21. The minimum Gasteiger partial charge on any atom is -0.433 e. The van der Waals surface area contributed by atoms with Crippen molar-refractivity contribution in [1.82, 2.24) is 9.97 Å². The molecule has 2 N–H and O–H groups in total. The Morgan fingerprint density at radius 1 is 1.10 bits per heavy atom. The number of anilines is 1. The second-order valence-corrected chi connectivity index (χ2v) is 7.10. The summed E-state index contributed by atoms with van der Waals surface area (Å²) in [7, 11) is -0.563. The number of nitrogens with one attached hydrogen (secondary N) is 1. The van der Waals surface area contributed by atoms with E-state index in [9.17, 15) is 9.82 Å². The first-order chi connectivity index (χ1) is 14.1. The van der Waals surface area contributed by atoms with Crippen LogP contribution in [0.3, 0.4) is 0 Å². The highest BCUT2D eigenvalue weighted by Gasteiger charge is 2.14. The number of benzene rings is 1. The van der Waals surface area contributed by atoms with Gasteiger partial charge in [-0.25, -0.2) is 4.98 Å². The number of ketones is 1. The number of oxazole rings is 1. The number of carbonyl (C=O) groups is 1. The molecule has 0 bridgehead atoms. The lowest BCUT2D eigenvalue weighted by molar-refractivity contribution is 0.0946. The molecule has 0 aliphatic heterocycles. The van der Waals surface area contributed by atoms with E-state index in [4.69, 9.17) is 4.42 Å². The third-order valence-electron chi connectivity index (χ3n) is 4.58. The maximum atomic E-state index is 12.3. The highest BCUT2D eigenvalue weighted by molar-refractivity contribution is 6.52. The van der Waals surface area contributed by atoms with Gasteiger partial charge in [0.1, 0.15) is 5.69 Å². The quantitative estimate of drug-likeness (QED) is 0.281. The van der Waals surface area contributed by atoms with E-state index in [1.54, 1.807) is 19.2 Å². The zero-order valence-electron chi connectivity index (χ0n) is 16.7. The van der Waals surface area contributed by atoms with Crippen molar-refractivity contribution in [2.45, 2.75) is 45.3 Å². The number of aromatic nitrogens is 2. The molecule has 0 radical (unpaired) electrons. The van der Waals surface area contributed by atoms with Gasteiger partial charge in [-0.2, -0.15) is 0 Å². The Balaban J connectivity index is 1.36. The Labute approximate surface area is 171 Å². The normalized spacial score (nSPS) is 10.7. The Kier molecular flexibility index (Phi) is 7.58. The molecule has 0 aliphatic rings. The Bertz CT molecular complexity index is 912. The van der Waals surface area contributed by atoms with Crippen LogP contribution in [0.15, 0.2) is 59.3 Å². The molecule has 7 heteroatoms. The number of carbonyl (C=O) groups excluding carboxylic acids is 1. The minimum absolute atomic E-state index is 0.0657. The molecule has 0 saturated heterocycles. The maximum absolute atomic E-state index is 12.3. The lowest BCUT2D eigenvalue weighted by Gasteiger charge is -2.08. The van der Waals surface area contributed by atoms with Crippen molar-refractivity contribution in [2.75, 3.05) is 5.23 Å². The largest absolute Gasteiger partial charge is 0.433 e. The van der Waals surface area contributed by atoms with Crippen LogP contribution in [0.1, 0.15) is 48.4 Å². The third-order valence-corrected chi connectivity index (χ3v) is 4.58. The summed E-state index contributed by atoms with van der Waals surface area (Å²) >= 11 is 0. The number of hydrogen-bond donors (Lipinski definition) is 2. The van der Waals surface area contributed by atoms with Gasteiger partial charge in [0.15, 0.2) is 5.76 Å². The average molecular weight is 391 g/mol. The highest BCUT2D eigenvalue weighted by atomic mass is 16.4. The molecule has 29 heavy (non-hydrogen) atoms. The van der Waals surface area contributed by atoms with E-state index >= 15 is 0 Å². The maximum Gasteiger partial charge on any atom is 0.406 e. The zero-order valence-corrected chi connectivity index (χ0v) is 16.7. The predicted molar refractivity (Wildman–Crippen MR) is 115 cm³/mol. The third kappa shape index (κ3) is 6.57. The molecular weight excluding hydrogens is 365 g/mol. The second kappa shape index (κ2) is 10.6. The van der Waals surface area contributed by atoms with Gasteiger partial charge in [-0.05, 0) is 55.9 Å². The lowest BCUT2D eigenvalue weighted by Crippen LogP contribution is -2.19. The van der Waals surface area contributed by atoms with Crippen molar-refractivity contribution >= 4 is 18.5 Å². The predicted octanol–water partition coefficient (Wildman–Crippen LogP) is 4.63. The molecule has 0 saturated carbocycles. The van der Waals surface area contributed by atoms with E-state index in [0.717, 1.165) is 37.8 Å². The lowest BCUT2D eigenvalue weighted by atomic mass is 9.88. The van der Waals surface area contributed by atoms with Gasteiger partial charge < -0.3 is 14.7 Å². The molecule has 0 amide bonds. The molecule has 150 valence electrons. The number of rotatable bonds is 11. The number of pyridine rings is 1. The number of nitrogens with zero attached hydrogens (tertiary/aromatic N) is 2. The summed E-state index contributed by atoms with van der Waals surface area (Å²) in [6.45, 7) is 1.70. The molecule has 0 aliphatic carbocycles. The van der Waals surface area contributed by atoms with Crippen LogP contribution in [-0.2, 0) is 6.42 Å². The Morgan fingerprint density at radius 3 is 2.76 bits per heavy atom. The SMILES string of the molecule is CB(O)Nc1cccc(CCCCCCC(=O)c2ncc(-c3ccccn3)o2)c1. The van der Waals surface area contributed by atoms with Crippen molar-refractivity contribution in [1.29, 1.82) is 0 Å². The van der Waals surface area contributed by atoms with Gasteiger partial charge in [-0.1, -0.05) is 31.0 Å². The summed E-state index contributed by atoms with van der Waals surface area (Å²) in [6.07, 6.45) is 8.60. The van der Waals surface area contributed by atoms with Crippen LogP contribution in [0.4, 0.5) is 5.69 Å². The standard InChI is InChI=1S/C22H26BN3O3/c1-23(28)26-18-11-8-10-17(15-18)9-4-2-3-5-13-20(27)22-25-16-21(29-22)19-12-6-7-14-24-19/h6-8,10-12,14-16,26,28H,2-5,9,13H2,1H3. The Morgan fingerprint density at radius 2 is 1.97 bits per heavy atom. The minimum atomic E-state index is -0.563. The van der Waals surface area contributed by atoms with E-state index < -0.39 is 7.05 Å². The fraction of sp³-hybridized carbons (Fsp3) is 0.318. The summed E-state index contributed by atoms with van der Waals surface area (Å²) < 4.78 is 5.56. The molecule has 2 aromatic heterocycles. The molecule has 6 nitrogen and oxygen atoms in total. The molecule has 0 spiro atoms. The van der Waals surface area contributed by atoms with E-state index in [2.05, 4.69) is 27.3 Å². The van der Waals surface area contributed by atoms with Gasteiger partial charge in [-0.3, -0.25) is 9.78 Å². The van der Waals surface area contributed by atoms with E-state index in [1.165, 1.54) is 5.56 Å². The molecular formula is C22H26BN3O3. The van der Waals surface area contributed by atoms with Crippen molar-refractivity contribution in [3.05, 3.63) is 66.3 Å². The summed E-state index contributed by atoms with van der Waals surface area (Å²) in [5.41, 5.74) is 2.85. The molecule has 0 atom stereocenters. The van der Waals surface area contributed by atoms with Crippen LogP contribution >= 0.6 is 0 Å². The van der Waals surface area contributed by atoms with Gasteiger partial charge in [0.05, 0.1) is 6.20 Å². The van der Waals surface area contributed by atoms with Crippen molar-refractivity contribution in [3.8, 4) is 11.5 Å². The second-order valence-electron chi connectivity index (χ2n) is 7.10. The molecule has 0 fully saturated rings. The van der Waals surface area contributed by atoms with Crippen molar-refractivity contribution in [2.24, 2.45) is 0 Å². The van der Waals surface area contributed by atoms with Gasteiger partial charge in [0.25, 0.3) is 5.89 Å². The summed E-state index contributed by atoms with van der Waals surface area (Å²) in [4.78, 5) is 20.6. The van der Waals surface area contributed by atoms with Crippen LogP contribution in [0.2, 0.25) is 6.82 Å². The molecule has 3 rings (SSSR count). The van der Waals surface area contributed by atoms with Crippen LogP contribution in [0, 0.1) is 0 Å². The molecule has 3 aromatic rings. The first-order valence-corrected chi connectivity index (χ1v) is 10.1. The van der Waals surface area contributed by atoms with Crippen LogP contribution in [-0.4, -0.2) is 27.8 Å². The number of aryl methyl sites for hydroxylation is 1. The highest BCUT2D eigenvalue weighted by Crippen LogP contribution is 2.19. The van der Waals surface area contributed by atoms with Crippen LogP contribution in [0.5, 0.6) is 0 Å². The van der Waals surface area contributed by atoms with Crippen LogP contribution < -0.4 is 5.23 Å². The van der Waals surface area contributed by atoms with Crippen molar-refractivity contribution < 1.29 is 14.2 Å². The molecule has 0 unspecified atom stereocenters. The molecule has 1 aromatic carbocycles. The summed E-state index contributed by atoms with van der Waals surface area (Å²) in [5, 5.41) is 12.4. The van der Waals surface area contributed by atoms with Crippen LogP contribution in [0.25, 0.3) is 11.5 Å². The first-order valence-electron chi connectivity index (χ1n) is 10.1. The number of Topliss-reactive ketones (excluding diaryl/α,β-unsaturated/α-hetero) is 1. The fourth-order valence-electron chi connectivity index (χ4n) is 3.16. The summed E-state index contributed by atoms with van der Waals surface area (Å²) in [6, 6.07) is 13.6. The van der Waals surface area contributed by atoms with E-state index in [1.807, 2.05) is 30.3 Å². The van der Waals surface area contributed by atoms with Gasteiger partial charge in [-0.15, -0.1) is 0 Å². The number of unbranched alkanes of at least 4 members (excludes halogenated alkanes) is 3. The van der Waals surface area contributed by atoms with Crippen molar-refractivity contribution in [3.63, 3.8) is 0 Å². The molecule has 2 heterocycles. The van der Waals surface area contributed by atoms with Gasteiger partial charge in [0.2, 0.25) is 5.78 Å². The topological polar surface area (TPSA) is 88.2 Å². The Hall–Kier alpha value is -2.93. The fourth-order valence-corrected chi connectivity index (χ4v) is 3.16. The first kappa shape index (κ1) is 20.8. The van der Waals surface area contributed by atoms with E-state index in [0.29, 0.717) is 17.9 Å². The van der Waals surface area contributed by atoms with Gasteiger partial charge >= 0.3 is 7.05 Å².